The van der Waals surface area contributed by atoms with E-state index in [9.17, 15) is 12.8 Å². The number of hydrogen-bond acceptors (Lipinski definition) is 3. The summed E-state index contributed by atoms with van der Waals surface area (Å²) < 4.78 is 43.8. The van der Waals surface area contributed by atoms with Crippen molar-refractivity contribution in [3.63, 3.8) is 0 Å². The molecular formula is C10H12BrClFNO3S. The van der Waals surface area contributed by atoms with Gasteiger partial charge in [-0.05, 0) is 34.5 Å². The van der Waals surface area contributed by atoms with Crippen LogP contribution in [0.15, 0.2) is 16.6 Å². The van der Waals surface area contributed by atoms with Crippen molar-refractivity contribution in [2.24, 2.45) is 0 Å². The molecule has 18 heavy (non-hydrogen) atoms. The minimum Gasteiger partial charge on any atom is -0.385 e. The van der Waals surface area contributed by atoms with Gasteiger partial charge in [0.15, 0.2) is 0 Å². The standard InChI is InChI=1S/C10H12BrClFNO3S/c1-17-3-2-4-18(15,16)14-10-8(11)5-7(13)6-9(10)12/h5-6,14H,2-4H2,1H3. The molecule has 0 atom stereocenters. The van der Waals surface area contributed by atoms with Gasteiger partial charge in [-0.25, -0.2) is 12.8 Å². The Labute approximate surface area is 119 Å². The van der Waals surface area contributed by atoms with Crippen molar-refractivity contribution in [1.29, 1.82) is 0 Å². The summed E-state index contributed by atoms with van der Waals surface area (Å²) in [6.07, 6.45) is 0.363. The van der Waals surface area contributed by atoms with Crippen LogP contribution >= 0.6 is 27.5 Å². The van der Waals surface area contributed by atoms with E-state index in [1.54, 1.807) is 0 Å². The van der Waals surface area contributed by atoms with Crippen LogP contribution in [-0.2, 0) is 14.8 Å². The summed E-state index contributed by atoms with van der Waals surface area (Å²) in [4.78, 5) is 0. The molecule has 4 nitrogen and oxygen atoms in total. The number of rotatable bonds is 6. The Morgan fingerprint density at radius 1 is 1.50 bits per heavy atom. The van der Waals surface area contributed by atoms with Crippen molar-refractivity contribution in [1.82, 2.24) is 0 Å². The van der Waals surface area contributed by atoms with Crippen molar-refractivity contribution in [3.8, 4) is 0 Å². The number of ether oxygens (including phenoxy) is 1. The van der Waals surface area contributed by atoms with Crippen LogP contribution in [0.3, 0.4) is 0 Å². The second kappa shape index (κ2) is 6.70. The van der Waals surface area contributed by atoms with Gasteiger partial charge in [0.1, 0.15) is 5.82 Å². The first-order valence-electron chi connectivity index (χ1n) is 4.99. The van der Waals surface area contributed by atoms with Crippen LogP contribution in [0, 0.1) is 5.82 Å². The molecule has 8 heteroatoms. The molecule has 0 aliphatic carbocycles. The lowest BCUT2D eigenvalue weighted by molar-refractivity contribution is 0.199. The van der Waals surface area contributed by atoms with Crippen LogP contribution in [0.1, 0.15) is 6.42 Å². The lowest BCUT2D eigenvalue weighted by Crippen LogP contribution is -2.18. The van der Waals surface area contributed by atoms with Crippen LogP contribution in [0.25, 0.3) is 0 Å². The summed E-state index contributed by atoms with van der Waals surface area (Å²) in [5.41, 5.74) is 0.135. The maximum absolute atomic E-state index is 13.0. The molecule has 0 heterocycles. The van der Waals surface area contributed by atoms with Crippen LogP contribution in [-0.4, -0.2) is 27.9 Å². The Morgan fingerprint density at radius 2 is 2.17 bits per heavy atom. The first-order chi connectivity index (χ1) is 8.35. The second-order valence-corrected chi connectivity index (χ2v) is 6.62. The van der Waals surface area contributed by atoms with Gasteiger partial charge in [-0.3, -0.25) is 4.72 Å². The summed E-state index contributed by atoms with van der Waals surface area (Å²) in [6, 6.07) is 2.18. The van der Waals surface area contributed by atoms with Crippen molar-refractivity contribution >= 4 is 43.2 Å². The Balaban J connectivity index is 2.84. The molecule has 0 unspecified atom stereocenters. The van der Waals surface area contributed by atoms with Crippen LogP contribution < -0.4 is 4.72 Å². The van der Waals surface area contributed by atoms with E-state index in [4.69, 9.17) is 16.3 Å². The molecule has 0 radical (unpaired) electrons. The van der Waals surface area contributed by atoms with E-state index in [2.05, 4.69) is 20.7 Å². The van der Waals surface area contributed by atoms with E-state index in [0.29, 0.717) is 13.0 Å². The Bertz CT molecular complexity index is 501. The third-order valence-corrected chi connectivity index (χ3v) is 4.29. The van der Waals surface area contributed by atoms with E-state index in [0.717, 1.165) is 12.1 Å². The SMILES string of the molecule is COCCCS(=O)(=O)Nc1c(Cl)cc(F)cc1Br. The third kappa shape index (κ3) is 4.72. The molecule has 0 spiro atoms. The summed E-state index contributed by atoms with van der Waals surface area (Å²) in [6.45, 7) is 0.346. The van der Waals surface area contributed by atoms with Gasteiger partial charge in [-0.15, -0.1) is 0 Å². The van der Waals surface area contributed by atoms with Crippen molar-refractivity contribution in [2.45, 2.75) is 6.42 Å². The predicted molar refractivity (Wildman–Crippen MR) is 73.0 cm³/mol. The quantitative estimate of drug-likeness (QED) is 0.793. The van der Waals surface area contributed by atoms with Gasteiger partial charge >= 0.3 is 0 Å². The summed E-state index contributed by atoms with van der Waals surface area (Å²) in [5.74, 6) is -0.643. The zero-order valence-electron chi connectivity index (χ0n) is 9.54. The van der Waals surface area contributed by atoms with Crippen molar-refractivity contribution < 1.29 is 17.5 Å². The number of anilines is 1. The Kier molecular flexibility index (Phi) is 5.84. The molecule has 0 aliphatic rings. The first-order valence-corrected chi connectivity index (χ1v) is 7.82. The normalized spacial score (nSPS) is 11.6. The number of sulfonamides is 1. The van der Waals surface area contributed by atoms with Gasteiger partial charge in [0.05, 0.1) is 16.5 Å². The topological polar surface area (TPSA) is 55.4 Å². The second-order valence-electron chi connectivity index (χ2n) is 3.51. The fourth-order valence-corrected chi connectivity index (χ4v) is 3.46. The molecule has 1 rings (SSSR count). The van der Waals surface area contributed by atoms with Gasteiger partial charge in [0, 0.05) is 18.2 Å². The summed E-state index contributed by atoms with van der Waals surface area (Å²) in [7, 11) is -2.04. The van der Waals surface area contributed by atoms with Crippen LogP contribution in [0.4, 0.5) is 10.1 Å². The van der Waals surface area contributed by atoms with Gasteiger partial charge in [0.25, 0.3) is 0 Å². The fourth-order valence-electron chi connectivity index (χ4n) is 1.24. The van der Waals surface area contributed by atoms with Gasteiger partial charge < -0.3 is 4.74 Å². The van der Waals surface area contributed by atoms with E-state index in [1.165, 1.54) is 7.11 Å². The van der Waals surface area contributed by atoms with Gasteiger partial charge in [-0.2, -0.15) is 0 Å². The number of nitrogens with one attached hydrogen (secondary N) is 1. The monoisotopic (exact) mass is 359 g/mol. The van der Waals surface area contributed by atoms with Crippen molar-refractivity contribution in [3.05, 3.63) is 27.4 Å². The number of hydrogen-bond donors (Lipinski definition) is 1. The highest BCUT2D eigenvalue weighted by Gasteiger charge is 2.15. The highest BCUT2D eigenvalue weighted by Crippen LogP contribution is 2.32. The molecule has 0 aromatic heterocycles. The molecule has 0 saturated carbocycles. The van der Waals surface area contributed by atoms with E-state index in [1.807, 2.05) is 0 Å². The maximum Gasteiger partial charge on any atom is 0.232 e. The number of benzene rings is 1. The zero-order chi connectivity index (χ0) is 13.8. The van der Waals surface area contributed by atoms with E-state index in [-0.39, 0.29) is 20.9 Å². The maximum atomic E-state index is 13.0. The average molecular weight is 361 g/mol. The molecule has 0 fully saturated rings. The zero-order valence-corrected chi connectivity index (χ0v) is 12.7. The van der Waals surface area contributed by atoms with Gasteiger partial charge in [-0.1, -0.05) is 11.6 Å². The van der Waals surface area contributed by atoms with Crippen molar-refractivity contribution in [2.75, 3.05) is 24.2 Å². The predicted octanol–water partition coefficient (Wildman–Crippen LogP) is 3.02. The third-order valence-electron chi connectivity index (χ3n) is 2.03. The summed E-state index contributed by atoms with van der Waals surface area (Å²) >= 11 is 8.84. The summed E-state index contributed by atoms with van der Waals surface area (Å²) in [5, 5.41) is -0.00260. The Hall–Kier alpha value is -0.370. The minimum atomic E-state index is -3.53. The number of halogens is 3. The molecule has 1 aromatic carbocycles. The number of methoxy groups -OCH3 is 1. The highest BCUT2D eigenvalue weighted by atomic mass is 79.9. The molecule has 102 valence electrons. The van der Waals surface area contributed by atoms with Crippen LogP contribution in [0.2, 0.25) is 5.02 Å². The molecule has 0 amide bonds. The first kappa shape index (κ1) is 15.7. The Morgan fingerprint density at radius 3 is 2.72 bits per heavy atom. The van der Waals surface area contributed by atoms with E-state index >= 15 is 0 Å². The lowest BCUT2D eigenvalue weighted by Gasteiger charge is -2.11. The van der Waals surface area contributed by atoms with E-state index < -0.39 is 15.8 Å². The average Bonchev–Trinajstić information content (AvgIpc) is 2.23. The molecule has 0 bridgehead atoms. The fraction of sp³-hybridized carbons (Fsp3) is 0.400. The molecule has 1 N–H and O–H groups in total. The molecule has 0 aliphatic heterocycles. The molecule has 1 aromatic rings. The van der Waals surface area contributed by atoms with Gasteiger partial charge in [0.2, 0.25) is 10.0 Å². The molecular weight excluding hydrogens is 349 g/mol. The largest absolute Gasteiger partial charge is 0.385 e. The van der Waals surface area contributed by atoms with Crippen LogP contribution in [0.5, 0.6) is 0 Å². The minimum absolute atomic E-state index is 0.00260. The highest BCUT2D eigenvalue weighted by molar-refractivity contribution is 9.10. The molecule has 0 saturated heterocycles. The smallest absolute Gasteiger partial charge is 0.232 e. The lowest BCUT2D eigenvalue weighted by atomic mass is 10.3.